The Morgan fingerprint density at radius 1 is 1.14 bits per heavy atom. The summed E-state index contributed by atoms with van der Waals surface area (Å²) in [5, 5.41) is 7.23. The lowest BCUT2D eigenvalue weighted by Gasteiger charge is -2.19. The van der Waals surface area contributed by atoms with Crippen LogP contribution in [0.15, 0.2) is 36.4 Å². The summed E-state index contributed by atoms with van der Waals surface area (Å²) < 4.78 is 5.31. The first-order valence-corrected chi connectivity index (χ1v) is 7.11. The molecule has 1 heterocycles. The van der Waals surface area contributed by atoms with E-state index >= 15 is 0 Å². The van der Waals surface area contributed by atoms with Crippen LogP contribution in [0.2, 0.25) is 10.0 Å². The number of fused-ring (bicyclic) bond motifs is 1. The van der Waals surface area contributed by atoms with Gasteiger partial charge in [0.25, 0.3) is 5.91 Å². The zero-order valence-electron chi connectivity index (χ0n) is 11.0. The second-order valence-corrected chi connectivity index (χ2v) is 5.55. The van der Waals surface area contributed by atoms with Crippen molar-refractivity contribution < 1.29 is 9.53 Å². The first kappa shape index (κ1) is 14.0. The van der Waals surface area contributed by atoms with Crippen LogP contribution in [0.5, 0.6) is 5.75 Å². The molecule has 0 saturated heterocycles. The number of anilines is 2. The van der Waals surface area contributed by atoms with E-state index in [1.54, 1.807) is 6.07 Å². The highest BCUT2D eigenvalue weighted by Gasteiger charge is 2.15. The molecule has 108 valence electrons. The number of nitrogens with one attached hydrogen (secondary N) is 2. The Bertz CT molecular complexity index is 684. The Kier molecular flexibility index (Phi) is 3.90. The van der Waals surface area contributed by atoms with Gasteiger partial charge in [0.1, 0.15) is 5.75 Å². The average molecular weight is 323 g/mol. The van der Waals surface area contributed by atoms with Gasteiger partial charge in [-0.05, 0) is 42.0 Å². The predicted octanol–water partition coefficient (Wildman–Crippen LogP) is 3.94. The predicted molar refractivity (Wildman–Crippen MR) is 84.4 cm³/mol. The second-order valence-electron chi connectivity index (χ2n) is 4.68. The highest BCUT2D eigenvalue weighted by atomic mass is 35.5. The van der Waals surface area contributed by atoms with Crippen molar-refractivity contribution in [2.45, 2.75) is 6.54 Å². The van der Waals surface area contributed by atoms with E-state index in [2.05, 4.69) is 10.6 Å². The molecule has 0 unspecified atom stereocenters. The fraction of sp³-hybridized carbons (Fsp3) is 0.133. The summed E-state index contributed by atoms with van der Waals surface area (Å²) in [5.74, 6) is 0.521. The van der Waals surface area contributed by atoms with E-state index in [1.807, 2.05) is 30.3 Å². The lowest BCUT2D eigenvalue weighted by atomic mass is 10.2. The fourth-order valence-electron chi connectivity index (χ4n) is 2.11. The van der Waals surface area contributed by atoms with Gasteiger partial charge in [-0.3, -0.25) is 4.79 Å². The summed E-state index contributed by atoms with van der Waals surface area (Å²) in [6.45, 7) is 0.634. The molecule has 0 radical (unpaired) electrons. The number of hydrogen-bond donors (Lipinski definition) is 2. The van der Waals surface area contributed by atoms with Crippen LogP contribution >= 0.6 is 23.2 Å². The molecule has 0 bridgehead atoms. The summed E-state index contributed by atoms with van der Waals surface area (Å²) in [4.78, 5) is 11.3. The molecule has 0 saturated carbocycles. The SMILES string of the molecule is O=C1COc2ccc(NCc3cc(Cl)cc(Cl)c3)cc2N1. The van der Waals surface area contributed by atoms with Crippen LogP contribution in [0.25, 0.3) is 0 Å². The first-order valence-electron chi connectivity index (χ1n) is 6.36. The van der Waals surface area contributed by atoms with Crippen LogP contribution in [0.3, 0.4) is 0 Å². The van der Waals surface area contributed by atoms with Crippen molar-refractivity contribution in [2.75, 3.05) is 17.2 Å². The van der Waals surface area contributed by atoms with Crippen LogP contribution in [0.4, 0.5) is 11.4 Å². The standard InChI is InChI=1S/C15H12Cl2N2O2/c16-10-3-9(4-11(17)5-10)7-18-12-1-2-14-13(6-12)19-15(20)8-21-14/h1-6,18H,7-8H2,(H,19,20). The van der Waals surface area contributed by atoms with E-state index in [4.69, 9.17) is 27.9 Å². The molecule has 1 amide bonds. The Labute approximate surface area is 132 Å². The van der Waals surface area contributed by atoms with Gasteiger partial charge in [0.2, 0.25) is 0 Å². The van der Waals surface area contributed by atoms with Crippen LogP contribution in [0, 0.1) is 0 Å². The lowest BCUT2D eigenvalue weighted by Crippen LogP contribution is -2.25. The Hall–Kier alpha value is -1.91. The van der Waals surface area contributed by atoms with Crippen LogP contribution in [0.1, 0.15) is 5.56 Å². The van der Waals surface area contributed by atoms with Crippen molar-refractivity contribution >= 4 is 40.5 Å². The number of carbonyl (C=O) groups is 1. The van der Waals surface area contributed by atoms with Gasteiger partial charge in [-0.15, -0.1) is 0 Å². The molecular weight excluding hydrogens is 311 g/mol. The molecule has 2 N–H and O–H groups in total. The van der Waals surface area contributed by atoms with Gasteiger partial charge in [0.05, 0.1) is 5.69 Å². The molecule has 2 aromatic carbocycles. The van der Waals surface area contributed by atoms with Crippen molar-refractivity contribution in [1.29, 1.82) is 0 Å². The number of amides is 1. The number of benzene rings is 2. The minimum Gasteiger partial charge on any atom is -0.482 e. The van der Waals surface area contributed by atoms with Gasteiger partial charge in [0, 0.05) is 22.3 Å². The molecule has 0 fully saturated rings. The zero-order chi connectivity index (χ0) is 14.8. The highest BCUT2D eigenvalue weighted by Crippen LogP contribution is 2.30. The molecule has 1 aliphatic heterocycles. The number of ether oxygens (including phenoxy) is 1. The topological polar surface area (TPSA) is 50.4 Å². The summed E-state index contributed by atoms with van der Waals surface area (Å²) in [7, 11) is 0. The zero-order valence-corrected chi connectivity index (χ0v) is 12.5. The van der Waals surface area contributed by atoms with E-state index in [-0.39, 0.29) is 12.5 Å². The Balaban J connectivity index is 1.73. The molecule has 0 spiro atoms. The van der Waals surface area contributed by atoms with E-state index in [0.717, 1.165) is 11.3 Å². The Morgan fingerprint density at radius 3 is 2.67 bits per heavy atom. The summed E-state index contributed by atoms with van der Waals surface area (Å²) in [6, 6.07) is 10.9. The smallest absolute Gasteiger partial charge is 0.262 e. The first-order chi connectivity index (χ1) is 10.1. The Morgan fingerprint density at radius 2 is 1.90 bits per heavy atom. The summed E-state index contributed by atoms with van der Waals surface area (Å²) in [5.41, 5.74) is 2.52. The van der Waals surface area contributed by atoms with Gasteiger partial charge >= 0.3 is 0 Å². The molecule has 0 atom stereocenters. The number of hydrogen-bond acceptors (Lipinski definition) is 3. The van der Waals surface area contributed by atoms with E-state index in [9.17, 15) is 4.79 Å². The van der Waals surface area contributed by atoms with Crippen LogP contribution in [-0.2, 0) is 11.3 Å². The normalized spacial score (nSPS) is 13.1. The summed E-state index contributed by atoms with van der Waals surface area (Å²) in [6.07, 6.45) is 0. The number of carbonyl (C=O) groups excluding carboxylic acids is 1. The molecule has 2 aromatic rings. The molecule has 3 rings (SSSR count). The van der Waals surface area contributed by atoms with E-state index in [0.29, 0.717) is 28.0 Å². The summed E-state index contributed by atoms with van der Waals surface area (Å²) >= 11 is 11.9. The maximum atomic E-state index is 11.3. The third kappa shape index (κ3) is 3.40. The molecule has 0 aromatic heterocycles. The maximum absolute atomic E-state index is 11.3. The monoisotopic (exact) mass is 322 g/mol. The van der Waals surface area contributed by atoms with E-state index in [1.165, 1.54) is 0 Å². The van der Waals surface area contributed by atoms with Crippen molar-refractivity contribution in [1.82, 2.24) is 0 Å². The van der Waals surface area contributed by atoms with Crippen molar-refractivity contribution in [2.24, 2.45) is 0 Å². The van der Waals surface area contributed by atoms with Crippen molar-refractivity contribution in [3.05, 3.63) is 52.0 Å². The van der Waals surface area contributed by atoms with Gasteiger partial charge in [-0.1, -0.05) is 23.2 Å². The van der Waals surface area contributed by atoms with Gasteiger partial charge < -0.3 is 15.4 Å². The van der Waals surface area contributed by atoms with Gasteiger partial charge in [-0.25, -0.2) is 0 Å². The van der Waals surface area contributed by atoms with Crippen LogP contribution in [-0.4, -0.2) is 12.5 Å². The molecule has 21 heavy (non-hydrogen) atoms. The van der Waals surface area contributed by atoms with E-state index < -0.39 is 0 Å². The van der Waals surface area contributed by atoms with Gasteiger partial charge in [0.15, 0.2) is 6.61 Å². The molecular formula is C15H12Cl2N2O2. The molecule has 0 aliphatic carbocycles. The largest absolute Gasteiger partial charge is 0.482 e. The van der Waals surface area contributed by atoms with Crippen molar-refractivity contribution in [3.8, 4) is 5.75 Å². The second kappa shape index (κ2) is 5.84. The van der Waals surface area contributed by atoms with Crippen molar-refractivity contribution in [3.63, 3.8) is 0 Å². The third-order valence-corrected chi connectivity index (χ3v) is 3.47. The molecule has 6 heteroatoms. The average Bonchev–Trinajstić information content (AvgIpc) is 2.43. The minimum absolute atomic E-state index is 0.0563. The quantitative estimate of drug-likeness (QED) is 0.900. The lowest BCUT2D eigenvalue weighted by molar-refractivity contribution is -0.118. The van der Waals surface area contributed by atoms with Gasteiger partial charge in [-0.2, -0.15) is 0 Å². The highest BCUT2D eigenvalue weighted by molar-refractivity contribution is 6.34. The minimum atomic E-state index is -0.152. The maximum Gasteiger partial charge on any atom is 0.262 e. The number of rotatable bonds is 3. The fourth-order valence-corrected chi connectivity index (χ4v) is 2.68. The third-order valence-electron chi connectivity index (χ3n) is 3.03. The van der Waals surface area contributed by atoms with Crippen LogP contribution < -0.4 is 15.4 Å². The molecule has 1 aliphatic rings. The molecule has 4 nitrogen and oxygen atoms in total. The number of halogens is 2.